The number of carboxylic acid groups (broad SMARTS) is 1. The molecular formula is C14H17F3N2O5S. The Morgan fingerprint density at radius 3 is 2.52 bits per heavy atom. The van der Waals surface area contributed by atoms with Crippen LogP contribution in [0, 0.1) is 0 Å². The normalized spacial score (nSPS) is 18.9. The SMILES string of the molecule is CC(Nc1cc(C(F)(F)F)cc(S(=O)(=O)N(C)C[C@H]2CO2)c1)C(=O)O. The summed E-state index contributed by atoms with van der Waals surface area (Å²) in [7, 11) is -2.95. The van der Waals surface area contributed by atoms with Crippen molar-refractivity contribution in [3.8, 4) is 0 Å². The largest absolute Gasteiger partial charge is 0.480 e. The van der Waals surface area contributed by atoms with Crippen LogP contribution in [-0.2, 0) is 25.7 Å². The molecule has 0 saturated carbocycles. The van der Waals surface area contributed by atoms with Crippen LogP contribution in [0.5, 0.6) is 0 Å². The first-order chi connectivity index (χ1) is 11.4. The van der Waals surface area contributed by atoms with Gasteiger partial charge in [0.2, 0.25) is 10.0 Å². The molecule has 2 rings (SSSR count). The highest BCUT2D eigenvalue weighted by molar-refractivity contribution is 7.89. The van der Waals surface area contributed by atoms with Gasteiger partial charge < -0.3 is 15.2 Å². The highest BCUT2D eigenvalue weighted by Gasteiger charge is 2.35. The number of rotatable bonds is 7. The third-order valence-corrected chi connectivity index (χ3v) is 5.36. The van der Waals surface area contributed by atoms with Crippen molar-refractivity contribution < 1.29 is 36.2 Å². The van der Waals surface area contributed by atoms with Gasteiger partial charge >= 0.3 is 12.1 Å². The molecule has 1 unspecified atom stereocenters. The van der Waals surface area contributed by atoms with Gasteiger partial charge in [-0.15, -0.1) is 0 Å². The van der Waals surface area contributed by atoms with Crippen molar-refractivity contribution in [2.45, 2.75) is 30.1 Å². The van der Waals surface area contributed by atoms with E-state index in [1.165, 1.54) is 14.0 Å². The first kappa shape index (κ1) is 19.5. The number of halogens is 3. The topological polar surface area (TPSA) is 99.2 Å². The van der Waals surface area contributed by atoms with E-state index in [1.54, 1.807) is 0 Å². The van der Waals surface area contributed by atoms with Crippen molar-refractivity contribution in [2.75, 3.05) is 25.5 Å². The monoisotopic (exact) mass is 382 g/mol. The average molecular weight is 382 g/mol. The maximum atomic E-state index is 13.1. The van der Waals surface area contributed by atoms with Crippen LogP contribution in [0.1, 0.15) is 12.5 Å². The number of likely N-dealkylation sites (N-methyl/N-ethyl adjacent to an activating group) is 1. The second kappa shape index (κ2) is 6.81. The summed E-state index contributed by atoms with van der Waals surface area (Å²) in [6, 6.07) is 0.976. The smallest absolute Gasteiger partial charge is 0.416 e. The van der Waals surface area contributed by atoms with E-state index in [-0.39, 0.29) is 18.3 Å². The summed E-state index contributed by atoms with van der Waals surface area (Å²) in [6.07, 6.45) is -5.05. The van der Waals surface area contributed by atoms with Gasteiger partial charge in [-0.2, -0.15) is 17.5 Å². The molecule has 1 aliphatic rings. The number of hydrogen-bond donors (Lipinski definition) is 2. The van der Waals surface area contributed by atoms with Gasteiger partial charge in [-0.3, -0.25) is 4.79 Å². The van der Waals surface area contributed by atoms with E-state index in [2.05, 4.69) is 5.32 Å². The van der Waals surface area contributed by atoms with E-state index in [9.17, 15) is 26.4 Å². The zero-order chi connectivity index (χ0) is 19.0. The van der Waals surface area contributed by atoms with Crippen molar-refractivity contribution in [3.63, 3.8) is 0 Å². The number of nitrogens with one attached hydrogen (secondary N) is 1. The molecule has 0 bridgehead atoms. The first-order valence-corrected chi connectivity index (χ1v) is 8.65. The molecule has 2 atom stereocenters. The predicted octanol–water partition coefficient (Wildman–Crippen LogP) is 1.61. The van der Waals surface area contributed by atoms with Gasteiger partial charge in [0.15, 0.2) is 0 Å². The Morgan fingerprint density at radius 2 is 2.04 bits per heavy atom. The van der Waals surface area contributed by atoms with Gasteiger partial charge in [-0.1, -0.05) is 0 Å². The lowest BCUT2D eigenvalue weighted by Crippen LogP contribution is -2.31. The Kier molecular flexibility index (Phi) is 5.30. The lowest BCUT2D eigenvalue weighted by Gasteiger charge is -2.19. The fourth-order valence-electron chi connectivity index (χ4n) is 2.05. The van der Waals surface area contributed by atoms with E-state index < -0.39 is 38.7 Å². The summed E-state index contributed by atoms with van der Waals surface area (Å²) in [5.41, 5.74) is -1.44. The van der Waals surface area contributed by atoms with Crippen molar-refractivity contribution in [3.05, 3.63) is 23.8 Å². The number of carbonyl (C=O) groups is 1. The summed E-state index contributed by atoms with van der Waals surface area (Å²) in [5.74, 6) is -1.29. The molecule has 1 aromatic rings. The average Bonchev–Trinajstić information content (AvgIpc) is 3.29. The molecule has 25 heavy (non-hydrogen) atoms. The number of benzene rings is 1. The van der Waals surface area contributed by atoms with Crippen molar-refractivity contribution in [1.29, 1.82) is 0 Å². The first-order valence-electron chi connectivity index (χ1n) is 7.21. The molecular weight excluding hydrogens is 365 g/mol. The van der Waals surface area contributed by atoms with Gasteiger partial charge in [0.05, 0.1) is 23.2 Å². The molecule has 140 valence electrons. The number of alkyl halides is 3. The van der Waals surface area contributed by atoms with Crippen LogP contribution in [0.25, 0.3) is 0 Å². The van der Waals surface area contributed by atoms with E-state index in [1.807, 2.05) is 0 Å². The van der Waals surface area contributed by atoms with Gasteiger partial charge in [0, 0.05) is 19.3 Å². The molecule has 2 N–H and O–H groups in total. The van der Waals surface area contributed by atoms with Crippen LogP contribution in [0.15, 0.2) is 23.1 Å². The zero-order valence-electron chi connectivity index (χ0n) is 13.4. The lowest BCUT2D eigenvalue weighted by atomic mass is 10.2. The third-order valence-electron chi connectivity index (χ3n) is 3.56. The minimum Gasteiger partial charge on any atom is -0.480 e. The van der Waals surface area contributed by atoms with Crippen LogP contribution < -0.4 is 5.32 Å². The maximum Gasteiger partial charge on any atom is 0.416 e. The van der Waals surface area contributed by atoms with Crippen LogP contribution in [0.2, 0.25) is 0 Å². The summed E-state index contributed by atoms with van der Waals surface area (Å²) in [6.45, 7) is 1.64. The van der Waals surface area contributed by atoms with Crippen LogP contribution in [0.4, 0.5) is 18.9 Å². The molecule has 0 aliphatic carbocycles. The number of anilines is 1. The van der Waals surface area contributed by atoms with Gasteiger partial charge in [-0.25, -0.2) is 8.42 Å². The Morgan fingerprint density at radius 1 is 1.44 bits per heavy atom. The third kappa shape index (κ3) is 4.83. The number of epoxide rings is 1. The molecule has 0 radical (unpaired) electrons. The Labute approximate surface area is 142 Å². The Balaban J connectivity index is 2.43. The molecule has 1 saturated heterocycles. The summed E-state index contributed by atoms with van der Waals surface area (Å²) in [4.78, 5) is 10.3. The van der Waals surface area contributed by atoms with Crippen molar-refractivity contribution >= 4 is 21.7 Å². The van der Waals surface area contributed by atoms with Gasteiger partial charge in [0.1, 0.15) is 6.04 Å². The molecule has 0 spiro atoms. The molecule has 1 fully saturated rings. The zero-order valence-corrected chi connectivity index (χ0v) is 14.2. The van der Waals surface area contributed by atoms with Crippen molar-refractivity contribution in [1.82, 2.24) is 4.31 Å². The summed E-state index contributed by atoms with van der Waals surface area (Å²) < 4.78 is 70.1. The number of ether oxygens (including phenoxy) is 1. The fraction of sp³-hybridized carbons (Fsp3) is 0.500. The quantitative estimate of drug-likeness (QED) is 0.695. The summed E-state index contributed by atoms with van der Waals surface area (Å²) >= 11 is 0. The standard InChI is InChI=1S/C14H17F3N2O5S/c1-8(13(20)21)18-10-3-9(14(15,16)17)4-12(5-10)25(22,23)19(2)6-11-7-24-11/h3-5,8,11,18H,6-7H2,1-2H3,(H,20,21)/t8?,11-/m0/s1. The second-order valence-electron chi connectivity index (χ2n) is 5.69. The van der Waals surface area contributed by atoms with E-state index in [0.29, 0.717) is 18.7 Å². The highest BCUT2D eigenvalue weighted by atomic mass is 32.2. The number of carboxylic acids is 1. The van der Waals surface area contributed by atoms with E-state index in [0.717, 1.165) is 10.4 Å². The fourth-order valence-corrected chi connectivity index (χ4v) is 3.32. The van der Waals surface area contributed by atoms with Gasteiger partial charge in [0.25, 0.3) is 0 Å². The number of aliphatic carboxylic acids is 1. The highest BCUT2D eigenvalue weighted by Crippen LogP contribution is 2.34. The lowest BCUT2D eigenvalue weighted by molar-refractivity contribution is -0.138. The van der Waals surface area contributed by atoms with Crippen LogP contribution in [-0.4, -0.2) is 56.1 Å². The van der Waals surface area contributed by atoms with Crippen LogP contribution >= 0.6 is 0 Å². The number of hydrogen-bond acceptors (Lipinski definition) is 5. The van der Waals surface area contributed by atoms with Gasteiger partial charge in [-0.05, 0) is 25.1 Å². The second-order valence-corrected chi connectivity index (χ2v) is 7.73. The molecule has 7 nitrogen and oxygen atoms in total. The van der Waals surface area contributed by atoms with Crippen molar-refractivity contribution in [2.24, 2.45) is 0 Å². The Bertz CT molecular complexity index is 762. The molecule has 11 heteroatoms. The molecule has 1 aromatic carbocycles. The number of sulfonamides is 1. The van der Waals surface area contributed by atoms with E-state index >= 15 is 0 Å². The number of nitrogens with zero attached hydrogens (tertiary/aromatic N) is 1. The maximum absolute atomic E-state index is 13.1. The van der Waals surface area contributed by atoms with E-state index in [4.69, 9.17) is 9.84 Å². The summed E-state index contributed by atoms with van der Waals surface area (Å²) in [5, 5.41) is 11.2. The predicted molar refractivity (Wildman–Crippen MR) is 81.7 cm³/mol. The minimum absolute atomic E-state index is 0.0207. The molecule has 1 aliphatic heterocycles. The molecule has 1 heterocycles. The Hall–Kier alpha value is -1.85. The minimum atomic E-state index is -4.79. The van der Waals surface area contributed by atoms with Crippen LogP contribution in [0.3, 0.4) is 0 Å². The molecule has 0 amide bonds. The molecule has 0 aromatic heterocycles.